The predicted octanol–water partition coefficient (Wildman–Crippen LogP) is 4.76. The number of para-hydroxylation sites is 1. The molecule has 22 heavy (non-hydrogen) atoms. The van der Waals surface area contributed by atoms with Gasteiger partial charge in [-0.15, -0.1) is 11.8 Å². The van der Waals surface area contributed by atoms with E-state index in [9.17, 15) is 0 Å². The highest BCUT2D eigenvalue weighted by atomic mass is 32.2. The third kappa shape index (κ3) is 2.99. The molecule has 2 aromatic heterocycles. The molecule has 2 heterocycles. The molecule has 0 aliphatic rings. The second-order valence-corrected chi connectivity index (χ2v) is 5.56. The van der Waals surface area contributed by atoms with Crippen LogP contribution in [0, 0.1) is 0 Å². The molecule has 0 radical (unpaired) electrons. The fourth-order valence-corrected chi connectivity index (χ4v) is 2.84. The van der Waals surface area contributed by atoms with E-state index >= 15 is 0 Å². The molecular formula is C17H17N3OS. The lowest BCUT2D eigenvalue weighted by atomic mass is 10.1. The molecule has 0 amide bonds. The lowest BCUT2D eigenvalue weighted by molar-refractivity contribution is 0.374. The van der Waals surface area contributed by atoms with E-state index in [4.69, 9.17) is 4.52 Å². The van der Waals surface area contributed by atoms with Crippen molar-refractivity contribution in [1.29, 1.82) is 0 Å². The first-order valence-corrected chi connectivity index (χ1v) is 8.35. The Bertz CT molecular complexity index is 734. The number of anilines is 2. The summed E-state index contributed by atoms with van der Waals surface area (Å²) in [5.41, 5.74) is 3.14. The van der Waals surface area contributed by atoms with Crippen LogP contribution in [0.4, 0.5) is 11.5 Å². The Balaban J connectivity index is 1.96. The number of nitrogens with one attached hydrogen (secondary N) is 1. The monoisotopic (exact) mass is 311 g/mol. The van der Waals surface area contributed by atoms with Crippen LogP contribution in [-0.4, -0.2) is 16.4 Å². The first kappa shape index (κ1) is 14.7. The average Bonchev–Trinajstić information content (AvgIpc) is 2.99. The van der Waals surface area contributed by atoms with Gasteiger partial charge < -0.3 is 9.84 Å². The van der Waals surface area contributed by atoms with Crippen LogP contribution < -0.4 is 5.32 Å². The van der Waals surface area contributed by atoms with Crippen LogP contribution in [0.3, 0.4) is 0 Å². The average molecular weight is 311 g/mol. The Morgan fingerprint density at radius 3 is 2.73 bits per heavy atom. The predicted molar refractivity (Wildman–Crippen MR) is 90.6 cm³/mol. The van der Waals surface area contributed by atoms with Crippen molar-refractivity contribution < 1.29 is 4.52 Å². The molecule has 0 saturated carbocycles. The zero-order valence-electron chi connectivity index (χ0n) is 12.5. The second-order valence-electron chi connectivity index (χ2n) is 4.76. The van der Waals surface area contributed by atoms with Crippen LogP contribution in [-0.2, 0) is 6.42 Å². The third-order valence-corrected chi connectivity index (χ3v) is 4.01. The summed E-state index contributed by atoms with van der Waals surface area (Å²) in [6, 6.07) is 14.0. The molecule has 3 rings (SSSR count). The van der Waals surface area contributed by atoms with Gasteiger partial charge >= 0.3 is 0 Å². The number of nitrogens with zero attached hydrogens (tertiary/aromatic N) is 2. The van der Waals surface area contributed by atoms with Crippen LogP contribution in [0.5, 0.6) is 0 Å². The van der Waals surface area contributed by atoms with Gasteiger partial charge in [0.05, 0.1) is 5.56 Å². The molecule has 1 N–H and O–H groups in total. The Kier molecular flexibility index (Phi) is 4.44. The molecule has 0 saturated heterocycles. The molecule has 0 spiro atoms. The van der Waals surface area contributed by atoms with Gasteiger partial charge in [0.2, 0.25) is 0 Å². The van der Waals surface area contributed by atoms with Crippen LogP contribution in [0.15, 0.2) is 58.2 Å². The Morgan fingerprint density at radius 2 is 2.00 bits per heavy atom. The van der Waals surface area contributed by atoms with E-state index in [0.29, 0.717) is 0 Å². The molecule has 3 aromatic rings. The van der Waals surface area contributed by atoms with E-state index in [1.54, 1.807) is 18.0 Å². The summed E-state index contributed by atoms with van der Waals surface area (Å²) in [7, 11) is 0. The Labute approximate surface area is 133 Å². The van der Waals surface area contributed by atoms with Crippen molar-refractivity contribution in [1.82, 2.24) is 10.1 Å². The van der Waals surface area contributed by atoms with E-state index in [-0.39, 0.29) is 0 Å². The van der Waals surface area contributed by atoms with Crippen LogP contribution >= 0.6 is 11.8 Å². The minimum absolute atomic E-state index is 0.805. The van der Waals surface area contributed by atoms with Crippen LogP contribution in [0.1, 0.15) is 12.7 Å². The van der Waals surface area contributed by atoms with Gasteiger partial charge in [0.1, 0.15) is 16.6 Å². The number of thioether (sulfide) groups is 1. The van der Waals surface area contributed by atoms with Crippen LogP contribution in [0.25, 0.3) is 11.1 Å². The van der Waals surface area contributed by atoms with Crippen molar-refractivity contribution >= 4 is 23.3 Å². The molecule has 0 fully saturated rings. The minimum atomic E-state index is 0.805. The standard InChI is InChI=1S/C17H17N3OS/c1-3-14-16(17(22-2)20-21-14)12-9-10-18-15(11-12)19-13-7-5-4-6-8-13/h4-11H,3H2,1-2H3,(H,18,19). The third-order valence-electron chi connectivity index (χ3n) is 3.34. The SMILES string of the molecule is CCc1onc(SC)c1-c1ccnc(Nc2ccccc2)c1. The molecule has 0 aliphatic heterocycles. The van der Waals surface area contributed by atoms with E-state index in [1.165, 1.54) is 0 Å². The highest BCUT2D eigenvalue weighted by molar-refractivity contribution is 7.98. The Hall–Kier alpha value is -2.27. The highest BCUT2D eigenvalue weighted by Gasteiger charge is 2.16. The van der Waals surface area contributed by atoms with Crippen molar-refractivity contribution in [2.75, 3.05) is 11.6 Å². The number of hydrogen-bond donors (Lipinski definition) is 1. The number of hydrogen-bond acceptors (Lipinski definition) is 5. The van der Waals surface area contributed by atoms with Crippen molar-refractivity contribution in [3.05, 3.63) is 54.4 Å². The number of aryl methyl sites for hydroxylation is 1. The summed E-state index contributed by atoms with van der Waals surface area (Å²) in [5.74, 6) is 1.71. The topological polar surface area (TPSA) is 51.0 Å². The first-order valence-electron chi connectivity index (χ1n) is 7.13. The molecule has 1 aromatic carbocycles. The molecule has 4 nitrogen and oxygen atoms in total. The maximum absolute atomic E-state index is 5.44. The molecular weight excluding hydrogens is 294 g/mol. The van der Waals surface area contributed by atoms with E-state index < -0.39 is 0 Å². The van der Waals surface area contributed by atoms with Gasteiger partial charge in [0, 0.05) is 18.3 Å². The lowest BCUT2D eigenvalue weighted by Gasteiger charge is -2.08. The van der Waals surface area contributed by atoms with Gasteiger partial charge in [-0.25, -0.2) is 4.98 Å². The van der Waals surface area contributed by atoms with Crippen molar-refractivity contribution in [3.63, 3.8) is 0 Å². The maximum Gasteiger partial charge on any atom is 0.147 e. The highest BCUT2D eigenvalue weighted by Crippen LogP contribution is 2.34. The van der Waals surface area contributed by atoms with E-state index in [1.807, 2.05) is 48.7 Å². The molecule has 0 aliphatic carbocycles. The lowest BCUT2D eigenvalue weighted by Crippen LogP contribution is -1.94. The van der Waals surface area contributed by atoms with Crippen molar-refractivity contribution in [2.24, 2.45) is 0 Å². The normalized spacial score (nSPS) is 10.6. The maximum atomic E-state index is 5.44. The summed E-state index contributed by atoms with van der Waals surface area (Å²) in [6.07, 6.45) is 4.62. The van der Waals surface area contributed by atoms with Gasteiger partial charge in [-0.1, -0.05) is 30.3 Å². The van der Waals surface area contributed by atoms with Gasteiger partial charge in [-0.2, -0.15) is 0 Å². The fraction of sp³-hybridized carbons (Fsp3) is 0.176. The summed E-state index contributed by atoms with van der Waals surface area (Å²) >= 11 is 1.59. The zero-order chi connectivity index (χ0) is 15.4. The van der Waals surface area contributed by atoms with Gasteiger partial charge in [0.15, 0.2) is 0 Å². The summed E-state index contributed by atoms with van der Waals surface area (Å²) in [6.45, 7) is 2.07. The molecule has 112 valence electrons. The Morgan fingerprint density at radius 1 is 1.18 bits per heavy atom. The smallest absolute Gasteiger partial charge is 0.147 e. The summed E-state index contributed by atoms with van der Waals surface area (Å²) in [5, 5.41) is 8.37. The van der Waals surface area contributed by atoms with Crippen LogP contribution in [0.2, 0.25) is 0 Å². The molecule has 5 heteroatoms. The summed E-state index contributed by atoms with van der Waals surface area (Å²) < 4.78 is 5.44. The fourth-order valence-electron chi connectivity index (χ4n) is 2.30. The van der Waals surface area contributed by atoms with Crippen molar-refractivity contribution in [2.45, 2.75) is 18.4 Å². The summed E-state index contributed by atoms with van der Waals surface area (Å²) in [4.78, 5) is 4.39. The number of benzene rings is 1. The minimum Gasteiger partial charge on any atom is -0.360 e. The first-order chi connectivity index (χ1) is 10.8. The van der Waals surface area contributed by atoms with Gasteiger partial charge in [0.25, 0.3) is 0 Å². The van der Waals surface area contributed by atoms with E-state index in [2.05, 4.69) is 22.4 Å². The molecule has 0 unspecified atom stereocenters. The second kappa shape index (κ2) is 6.66. The quantitative estimate of drug-likeness (QED) is 0.688. The van der Waals surface area contributed by atoms with E-state index in [0.717, 1.165) is 39.8 Å². The van der Waals surface area contributed by atoms with Crippen molar-refractivity contribution in [3.8, 4) is 11.1 Å². The number of rotatable bonds is 5. The molecule has 0 bridgehead atoms. The zero-order valence-corrected chi connectivity index (χ0v) is 13.4. The van der Waals surface area contributed by atoms with Gasteiger partial charge in [-0.3, -0.25) is 0 Å². The number of pyridine rings is 1. The molecule has 0 atom stereocenters. The van der Waals surface area contributed by atoms with Gasteiger partial charge in [-0.05, 0) is 36.1 Å². The largest absolute Gasteiger partial charge is 0.360 e. The number of aromatic nitrogens is 2.